The number of nitrogen functional groups attached to an aromatic ring is 1. The molecule has 10 nitrogen and oxygen atoms in total. The van der Waals surface area contributed by atoms with Crippen LogP contribution in [0.3, 0.4) is 0 Å². The van der Waals surface area contributed by atoms with Crippen molar-refractivity contribution in [1.82, 2.24) is 25.1 Å². The molecule has 0 radical (unpaired) electrons. The van der Waals surface area contributed by atoms with Gasteiger partial charge in [-0.3, -0.25) is 4.79 Å². The number of halogens is 7. The number of aromatic nitrogens is 4. The number of hydrogen-bond acceptors (Lipinski definition) is 8. The summed E-state index contributed by atoms with van der Waals surface area (Å²) in [5, 5.41) is 17.0. The number of carbonyl (C=O) groups is 1. The van der Waals surface area contributed by atoms with Crippen molar-refractivity contribution >= 4 is 17.7 Å². The number of nitrogens with zero attached hydrogens (tertiary/aromatic N) is 5. The molecule has 2 unspecified atom stereocenters. The number of carboxylic acids is 1. The SMILES string of the molecule is CCC1NC(C(=O)O)CC12CCN(c1cc(O[C@H](c3ccc(-c4cc(F)cc(C(F)(F)F)c4)cc3-n3ccc(C)n3)C(F)(F)F)nc(N)n1)CC2. The standard InChI is InChI=1S/C34H34F7N7O3/c1-3-26-32(17-24(43-26)30(49)50)7-10-47(11-8-32)27-16-28(45-31(42)44-27)51-29(34(39,40)41)23-5-4-19(14-25(23)48-9-6-18(2)46-48)20-12-21(33(36,37)38)15-22(35)13-20/h4-6,9,12-16,24,26,29,43H,3,7-8,10-11,17H2,1-2H3,(H,49,50)(H2,42,44,45)/t24?,26?,29-/m1/s1. The number of rotatable bonds is 8. The van der Waals surface area contributed by atoms with Crippen LogP contribution in [0.25, 0.3) is 16.8 Å². The maximum Gasteiger partial charge on any atom is 0.429 e. The van der Waals surface area contributed by atoms with E-state index in [0.717, 1.165) is 29.3 Å². The van der Waals surface area contributed by atoms with E-state index in [2.05, 4.69) is 20.4 Å². The molecule has 2 aliphatic rings. The molecule has 51 heavy (non-hydrogen) atoms. The lowest BCUT2D eigenvalue weighted by atomic mass is 9.71. The number of alkyl halides is 6. The van der Waals surface area contributed by atoms with Gasteiger partial charge in [-0.15, -0.1) is 0 Å². The minimum Gasteiger partial charge on any atom is -0.480 e. The Kier molecular flexibility index (Phi) is 9.37. The van der Waals surface area contributed by atoms with Gasteiger partial charge in [0.25, 0.3) is 0 Å². The number of aryl methyl sites for hydroxylation is 1. The molecule has 4 heterocycles. The number of piperidine rings is 1. The van der Waals surface area contributed by atoms with Crippen molar-refractivity contribution in [3.8, 4) is 22.7 Å². The highest BCUT2D eigenvalue weighted by atomic mass is 19.4. The fourth-order valence-corrected chi connectivity index (χ4v) is 7.16. The molecule has 6 rings (SSSR count). The molecule has 0 saturated carbocycles. The molecule has 2 fully saturated rings. The number of carboxylic acid groups (broad SMARTS) is 1. The van der Waals surface area contributed by atoms with Crippen molar-refractivity contribution < 1.29 is 45.4 Å². The van der Waals surface area contributed by atoms with Crippen LogP contribution in [-0.4, -0.2) is 62.2 Å². The van der Waals surface area contributed by atoms with Crippen LogP contribution in [0.4, 0.5) is 42.5 Å². The molecular formula is C34H34F7N7O3. The molecule has 0 aliphatic carbocycles. The van der Waals surface area contributed by atoms with E-state index in [1.165, 1.54) is 24.4 Å². The highest BCUT2D eigenvalue weighted by Crippen LogP contribution is 2.46. The van der Waals surface area contributed by atoms with Gasteiger partial charge in [-0.1, -0.05) is 19.1 Å². The lowest BCUT2D eigenvalue weighted by Gasteiger charge is -2.43. The number of nitrogens with two attached hydrogens (primary N) is 1. The molecule has 1 spiro atoms. The van der Waals surface area contributed by atoms with E-state index in [0.29, 0.717) is 50.2 Å². The Bertz CT molecular complexity index is 1920. The second-order valence-electron chi connectivity index (χ2n) is 12.9. The average molecular weight is 722 g/mol. The Morgan fingerprint density at radius 1 is 1.06 bits per heavy atom. The van der Waals surface area contributed by atoms with E-state index in [4.69, 9.17) is 10.5 Å². The first kappa shape index (κ1) is 35.9. The lowest BCUT2D eigenvalue weighted by molar-refractivity contribution is -0.198. The van der Waals surface area contributed by atoms with Gasteiger partial charge < -0.3 is 25.8 Å². The Hall–Kier alpha value is -4.93. The van der Waals surface area contributed by atoms with Crippen molar-refractivity contribution in [2.24, 2.45) is 5.41 Å². The Morgan fingerprint density at radius 2 is 1.78 bits per heavy atom. The topological polar surface area (TPSA) is 131 Å². The van der Waals surface area contributed by atoms with Crippen LogP contribution in [-0.2, 0) is 11.0 Å². The van der Waals surface area contributed by atoms with E-state index >= 15 is 0 Å². The van der Waals surface area contributed by atoms with Crippen LogP contribution in [0.2, 0.25) is 0 Å². The summed E-state index contributed by atoms with van der Waals surface area (Å²) in [7, 11) is 0. The summed E-state index contributed by atoms with van der Waals surface area (Å²) in [6.07, 6.45) is -8.76. The van der Waals surface area contributed by atoms with Gasteiger partial charge in [-0.2, -0.15) is 41.4 Å². The number of ether oxygens (including phenoxy) is 1. The normalized spacial score (nSPS) is 19.7. The monoisotopic (exact) mass is 721 g/mol. The molecule has 2 aromatic carbocycles. The first-order chi connectivity index (χ1) is 24.0. The van der Waals surface area contributed by atoms with E-state index in [1.807, 2.05) is 11.8 Å². The van der Waals surface area contributed by atoms with Gasteiger partial charge in [0.1, 0.15) is 17.7 Å². The Labute approximate surface area is 287 Å². The third-order valence-electron chi connectivity index (χ3n) is 9.62. The third-order valence-corrected chi connectivity index (χ3v) is 9.62. The van der Waals surface area contributed by atoms with Gasteiger partial charge in [0, 0.05) is 37.0 Å². The number of anilines is 2. The van der Waals surface area contributed by atoms with Gasteiger partial charge in [0.05, 0.1) is 16.9 Å². The van der Waals surface area contributed by atoms with Crippen molar-refractivity contribution in [1.29, 1.82) is 0 Å². The smallest absolute Gasteiger partial charge is 0.429 e. The van der Waals surface area contributed by atoms with Crippen LogP contribution in [0.5, 0.6) is 5.88 Å². The van der Waals surface area contributed by atoms with Gasteiger partial charge >= 0.3 is 18.3 Å². The van der Waals surface area contributed by atoms with Gasteiger partial charge in [-0.25, -0.2) is 9.07 Å². The minimum absolute atomic E-state index is 0.00159. The summed E-state index contributed by atoms with van der Waals surface area (Å²) in [5.74, 6) is -2.68. The summed E-state index contributed by atoms with van der Waals surface area (Å²) < 4.78 is 106. The molecule has 4 N–H and O–H groups in total. The largest absolute Gasteiger partial charge is 0.480 e. The third kappa shape index (κ3) is 7.43. The lowest BCUT2D eigenvalue weighted by Crippen LogP contribution is -2.46. The average Bonchev–Trinajstić information content (AvgIpc) is 3.65. The van der Waals surface area contributed by atoms with Crippen molar-refractivity contribution in [3.05, 3.63) is 77.4 Å². The summed E-state index contributed by atoms with van der Waals surface area (Å²) >= 11 is 0. The fourth-order valence-electron chi connectivity index (χ4n) is 7.16. The van der Waals surface area contributed by atoms with Crippen LogP contribution < -0.4 is 20.7 Å². The maximum absolute atomic E-state index is 14.9. The van der Waals surface area contributed by atoms with Crippen LogP contribution >= 0.6 is 0 Å². The van der Waals surface area contributed by atoms with Crippen LogP contribution in [0.1, 0.15) is 55.5 Å². The van der Waals surface area contributed by atoms with Gasteiger partial charge in [0.15, 0.2) is 0 Å². The fraction of sp³-hybridized carbons (Fsp3) is 0.412. The van der Waals surface area contributed by atoms with Crippen molar-refractivity contribution in [2.45, 2.75) is 70.1 Å². The zero-order valence-corrected chi connectivity index (χ0v) is 27.4. The molecule has 0 amide bonds. The van der Waals surface area contributed by atoms with E-state index in [-0.39, 0.29) is 40.0 Å². The van der Waals surface area contributed by atoms with E-state index in [1.54, 1.807) is 6.92 Å². The van der Waals surface area contributed by atoms with E-state index < -0.39 is 53.3 Å². The molecule has 3 atom stereocenters. The zero-order chi connectivity index (χ0) is 36.9. The molecule has 4 aromatic rings. The van der Waals surface area contributed by atoms with Crippen molar-refractivity contribution in [2.75, 3.05) is 23.7 Å². The Morgan fingerprint density at radius 3 is 2.39 bits per heavy atom. The number of nitrogens with one attached hydrogen (secondary N) is 1. The summed E-state index contributed by atoms with van der Waals surface area (Å²) in [6, 6.07) is 7.35. The van der Waals surface area contributed by atoms with Gasteiger partial charge in [-0.05, 0) is 79.5 Å². The molecule has 2 aliphatic heterocycles. The number of aliphatic carboxylic acids is 1. The van der Waals surface area contributed by atoms with Gasteiger partial charge in [0.2, 0.25) is 17.9 Å². The van der Waals surface area contributed by atoms with E-state index in [9.17, 15) is 40.6 Å². The molecule has 272 valence electrons. The van der Waals surface area contributed by atoms with Crippen LogP contribution in [0, 0.1) is 18.2 Å². The first-order valence-corrected chi connectivity index (χ1v) is 16.1. The second kappa shape index (κ2) is 13.3. The molecule has 2 saturated heterocycles. The highest BCUT2D eigenvalue weighted by molar-refractivity contribution is 5.74. The number of hydrogen-bond donors (Lipinski definition) is 3. The minimum atomic E-state index is -5.04. The number of benzene rings is 2. The van der Waals surface area contributed by atoms with Crippen molar-refractivity contribution in [3.63, 3.8) is 0 Å². The summed E-state index contributed by atoms with van der Waals surface area (Å²) in [6.45, 7) is 4.45. The molecular weight excluding hydrogens is 687 g/mol. The Balaban J connectivity index is 1.33. The second-order valence-corrected chi connectivity index (χ2v) is 12.9. The quantitative estimate of drug-likeness (QED) is 0.167. The van der Waals surface area contributed by atoms with Crippen LogP contribution in [0.15, 0.2) is 54.7 Å². The highest BCUT2D eigenvalue weighted by Gasteiger charge is 2.50. The molecule has 17 heteroatoms. The molecule has 2 aromatic heterocycles. The maximum atomic E-state index is 14.9. The zero-order valence-electron chi connectivity index (χ0n) is 27.4. The molecule has 0 bridgehead atoms. The summed E-state index contributed by atoms with van der Waals surface area (Å²) in [4.78, 5) is 21.7. The first-order valence-electron chi connectivity index (χ1n) is 16.1. The predicted molar refractivity (Wildman–Crippen MR) is 172 cm³/mol. The summed E-state index contributed by atoms with van der Waals surface area (Å²) in [5.41, 5.74) is 4.03. The predicted octanol–water partition coefficient (Wildman–Crippen LogP) is 6.87.